The Bertz CT molecular complexity index is 2180. The molecule has 0 aromatic rings. The van der Waals surface area contributed by atoms with Crippen molar-refractivity contribution in [3.63, 3.8) is 0 Å². The summed E-state index contributed by atoms with van der Waals surface area (Å²) in [4.78, 5) is 28.0. The highest BCUT2D eigenvalue weighted by Gasteiger charge is 2.72. The van der Waals surface area contributed by atoms with Crippen LogP contribution >= 0.6 is 0 Å². The van der Waals surface area contributed by atoms with Crippen LogP contribution in [0.5, 0.6) is 0 Å². The van der Waals surface area contributed by atoms with Crippen molar-refractivity contribution >= 4 is 11.9 Å². The molecule has 0 bridgehead atoms. The maximum atomic E-state index is 14.8. The molecule has 0 aromatic heterocycles. The minimum Gasteiger partial charge on any atom is -0.479 e. The number of allylic oxidation sites excluding steroid dienone is 2. The molecule has 23 nitrogen and oxygen atoms in total. The third kappa shape index (κ3) is 8.87. The average molecular weight is 1090 g/mol. The Balaban J connectivity index is 1.00. The van der Waals surface area contributed by atoms with Gasteiger partial charge in [0, 0.05) is 0 Å². The molecular weight excluding hydrogens is 1000 g/mol. The number of carbonyl (C=O) groups excluding carboxylic acids is 1. The quantitative estimate of drug-likeness (QED) is 0.0644. The predicted molar refractivity (Wildman–Crippen MR) is 257 cm³/mol. The highest BCUT2D eigenvalue weighted by Crippen LogP contribution is 2.76. The lowest BCUT2D eigenvalue weighted by Crippen LogP contribution is -2.78. The molecule has 0 aromatic carbocycles. The molecule has 76 heavy (non-hydrogen) atoms. The normalized spacial score (nSPS) is 53.9. The van der Waals surface area contributed by atoms with E-state index in [0.717, 1.165) is 19.3 Å². The molecule has 434 valence electrons. The van der Waals surface area contributed by atoms with Crippen LogP contribution in [0.4, 0.5) is 0 Å². The fourth-order valence-corrected chi connectivity index (χ4v) is 16.6. The number of aliphatic carboxylic acids is 1. The van der Waals surface area contributed by atoms with Gasteiger partial charge in [-0.3, -0.25) is 4.79 Å². The Kier molecular flexibility index (Phi) is 15.7. The summed E-state index contributed by atoms with van der Waals surface area (Å²) in [6, 6.07) is 0. The number of aliphatic hydroxyl groups is 13. The second kappa shape index (κ2) is 20.4. The molecule has 0 amide bonds. The highest BCUT2D eigenvalue weighted by molar-refractivity contribution is 5.79. The first-order valence-corrected chi connectivity index (χ1v) is 27.2. The molecule has 4 saturated heterocycles. The Labute approximate surface area is 441 Å². The van der Waals surface area contributed by atoms with Gasteiger partial charge in [0.25, 0.3) is 0 Å². The maximum absolute atomic E-state index is 14.8. The first-order valence-electron chi connectivity index (χ1n) is 27.2. The van der Waals surface area contributed by atoms with Crippen LogP contribution in [0.2, 0.25) is 0 Å². The van der Waals surface area contributed by atoms with Gasteiger partial charge < -0.3 is 105 Å². The molecule has 9 aliphatic rings. The SMILES string of the molecule is CC1(C)CC[C@]2(C(=O)O[C@@H]3OC(CO)C(O)[C@@H](O)[C@@H]3O)CC[C@]3(C)C(=CCC4[C@@]5(C)CC[C@H](OC6OC(C(=O)O)[C@](O)(C7OC(CO)[C@@H](O)[C@@H](O)[C@@H]7O)[C@@H](O)[C@@H]6OC6OCC(O)C(O)C6O)C(C)(C)C5CC[C@]43C)C2C1. The molecule has 0 radical (unpaired) electrons. The summed E-state index contributed by atoms with van der Waals surface area (Å²) in [5.41, 5.74) is -4.80. The van der Waals surface area contributed by atoms with Crippen molar-refractivity contribution in [2.24, 2.45) is 50.2 Å². The summed E-state index contributed by atoms with van der Waals surface area (Å²) in [6.07, 6.45) is -26.1. The second-order valence-electron chi connectivity index (χ2n) is 26.1. The van der Waals surface area contributed by atoms with Crippen LogP contribution in [0, 0.1) is 50.2 Å². The number of rotatable bonds is 10. The number of fused-ring (bicyclic) bond motifs is 7. The topological polar surface area (TPSA) is 382 Å². The predicted octanol–water partition coefficient (Wildman–Crippen LogP) is -1.92. The van der Waals surface area contributed by atoms with E-state index in [9.17, 15) is 81.1 Å². The van der Waals surface area contributed by atoms with Gasteiger partial charge in [-0.1, -0.05) is 60.1 Å². The van der Waals surface area contributed by atoms with Crippen LogP contribution in [0.15, 0.2) is 11.6 Å². The molecule has 4 heterocycles. The minimum absolute atomic E-state index is 0.0329. The van der Waals surface area contributed by atoms with E-state index in [-0.39, 0.29) is 39.4 Å². The molecule has 0 spiro atoms. The standard InChI is InChI=1S/C53H84O23/c1-47(2)14-16-52(46(68)76-44-37(64)34(61)32(59)26(20-55)72-44)17-15-50(6)22(23(52)18-47)8-9-28-49(5)12-11-29(48(3,4)27(49)10-13-51(28,50)7)73-45-38(74-43-36(63)30(57)24(56)21-70-43)39(65)53(69,41(75-45)42(66)67)40-35(62)33(60)31(58)25(19-54)71-40/h8,23-41,43-45,54-65,69H,9-21H2,1-7H3,(H,66,67)/t23?,24?,25?,26?,27?,28?,29-,30?,31+,32?,33+,34+,35-,36?,37-,38-,39-,40?,41?,43?,44-,45?,49-,50+,51+,52-,53+/m0/s1. The van der Waals surface area contributed by atoms with Crippen molar-refractivity contribution in [2.45, 2.75) is 235 Å². The van der Waals surface area contributed by atoms with E-state index in [1.165, 1.54) is 5.57 Å². The highest BCUT2D eigenvalue weighted by atomic mass is 16.8. The molecule has 5 aliphatic carbocycles. The minimum atomic E-state index is -3.23. The number of aliphatic hydroxyl groups excluding tert-OH is 12. The molecular formula is C53H84O23. The number of hydrogen-bond acceptors (Lipinski definition) is 22. The van der Waals surface area contributed by atoms with Crippen molar-refractivity contribution in [1.29, 1.82) is 0 Å². The summed E-state index contributed by atoms with van der Waals surface area (Å²) in [6.45, 7) is 13.3. The first kappa shape index (κ1) is 58.6. The monoisotopic (exact) mass is 1090 g/mol. The van der Waals surface area contributed by atoms with Crippen molar-refractivity contribution in [2.75, 3.05) is 19.8 Å². The number of carboxylic acids is 1. The zero-order valence-corrected chi connectivity index (χ0v) is 44.4. The van der Waals surface area contributed by atoms with Gasteiger partial charge in [0.15, 0.2) is 24.3 Å². The van der Waals surface area contributed by atoms with Crippen LogP contribution in [-0.4, -0.2) is 225 Å². The number of ether oxygens (including phenoxy) is 7. The number of carboxylic acid groups (broad SMARTS) is 1. The summed E-state index contributed by atoms with van der Waals surface area (Å²) in [5.74, 6) is -2.54. The molecule has 23 heteroatoms. The first-order chi connectivity index (χ1) is 35.4. The molecule has 14 N–H and O–H groups in total. The lowest BCUT2D eigenvalue weighted by Gasteiger charge is -2.71. The maximum Gasteiger partial charge on any atom is 0.336 e. The van der Waals surface area contributed by atoms with Crippen LogP contribution in [0.25, 0.3) is 0 Å². The summed E-state index contributed by atoms with van der Waals surface area (Å²) < 4.78 is 41.8. The molecule has 9 rings (SSSR count). The summed E-state index contributed by atoms with van der Waals surface area (Å²) >= 11 is 0. The summed E-state index contributed by atoms with van der Waals surface area (Å²) in [7, 11) is 0. The molecule has 4 aliphatic heterocycles. The Hall–Kier alpha value is -2.08. The molecule has 4 saturated carbocycles. The van der Waals surface area contributed by atoms with E-state index >= 15 is 0 Å². The van der Waals surface area contributed by atoms with E-state index in [1.54, 1.807) is 0 Å². The summed E-state index contributed by atoms with van der Waals surface area (Å²) in [5, 5.41) is 151. The van der Waals surface area contributed by atoms with E-state index < -0.39 is 165 Å². The van der Waals surface area contributed by atoms with Gasteiger partial charge in [-0.05, 0) is 109 Å². The van der Waals surface area contributed by atoms with E-state index in [2.05, 4.69) is 40.7 Å². The largest absolute Gasteiger partial charge is 0.479 e. The zero-order chi connectivity index (χ0) is 55.8. The van der Waals surface area contributed by atoms with E-state index in [1.807, 2.05) is 13.8 Å². The Morgan fingerprint density at radius 3 is 1.92 bits per heavy atom. The van der Waals surface area contributed by atoms with Crippen molar-refractivity contribution in [3.05, 3.63) is 11.6 Å². The third-order valence-electron chi connectivity index (χ3n) is 21.4. The van der Waals surface area contributed by atoms with E-state index in [4.69, 9.17) is 33.2 Å². The third-order valence-corrected chi connectivity index (χ3v) is 21.4. The van der Waals surface area contributed by atoms with Crippen molar-refractivity contribution < 1.29 is 114 Å². The number of esters is 1. The lowest BCUT2D eigenvalue weighted by molar-refractivity contribution is -0.400. The fraction of sp³-hybridized carbons (Fsp3) is 0.925. The van der Waals surface area contributed by atoms with Gasteiger partial charge in [0.2, 0.25) is 6.29 Å². The smallest absolute Gasteiger partial charge is 0.336 e. The van der Waals surface area contributed by atoms with Gasteiger partial charge in [0.1, 0.15) is 85.5 Å². The Morgan fingerprint density at radius 2 is 1.28 bits per heavy atom. The van der Waals surface area contributed by atoms with Crippen LogP contribution in [0.1, 0.15) is 113 Å². The van der Waals surface area contributed by atoms with Gasteiger partial charge in [0.05, 0.1) is 31.3 Å². The number of carbonyl (C=O) groups is 2. The van der Waals surface area contributed by atoms with Crippen molar-refractivity contribution in [1.82, 2.24) is 0 Å². The van der Waals surface area contributed by atoms with Crippen LogP contribution in [0.3, 0.4) is 0 Å². The van der Waals surface area contributed by atoms with E-state index in [0.29, 0.717) is 44.9 Å². The Morgan fingerprint density at radius 1 is 0.658 bits per heavy atom. The average Bonchev–Trinajstić information content (AvgIpc) is 3.39. The van der Waals surface area contributed by atoms with Crippen LogP contribution in [-0.2, 0) is 42.7 Å². The van der Waals surface area contributed by atoms with Gasteiger partial charge in [-0.15, -0.1) is 0 Å². The van der Waals surface area contributed by atoms with Crippen molar-refractivity contribution in [3.8, 4) is 0 Å². The number of hydrogen-bond donors (Lipinski definition) is 14. The lowest BCUT2D eigenvalue weighted by atomic mass is 9.33. The van der Waals surface area contributed by atoms with Gasteiger partial charge >= 0.3 is 11.9 Å². The molecule has 8 fully saturated rings. The molecule has 13 unspecified atom stereocenters. The van der Waals surface area contributed by atoms with Crippen LogP contribution < -0.4 is 0 Å². The molecule has 27 atom stereocenters. The van der Waals surface area contributed by atoms with Gasteiger partial charge in [-0.2, -0.15) is 0 Å². The van der Waals surface area contributed by atoms with Gasteiger partial charge in [-0.25, -0.2) is 4.79 Å². The second-order valence-corrected chi connectivity index (χ2v) is 26.1. The fourth-order valence-electron chi connectivity index (χ4n) is 16.6. The zero-order valence-electron chi connectivity index (χ0n) is 44.4.